The van der Waals surface area contributed by atoms with Crippen LogP contribution >= 0.6 is 0 Å². The van der Waals surface area contributed by atoms with Crippen molar-refractivity contribution in [1.29, 1.82) is 5.26 Å². The van der Waals surface area contributed by atoms with E-state index in [1.165, 1.54) is 0 Å². The Morgan fingerprint density at radius 3 is 2.46 bits per heavy atom. The lowest BCUT2D eigenvalue weighted by Gasteiger charge is -2.07. The van der Waals surface area contributed by atoms with Crippen LogP contribution in [0.25, 0.3) is 22.2 Å². The molecule has 1 N–H and O–H groups in total. The van der Waals surface area contributed by atoms with Crippen molar-refractivity contribution in [2.24, 2.45) is 0 Å². The summed E-state index contributed by atoms with van der Waals surface area (Å²) in [4.78, 5) is 3.37. The summed E-state index contributed by atoms with van der Waals surface area (Å²) in [5.74, 6) is 0.808. The van der Waals surface area contributed by atoms with Crippen molar-refractivity contribution >= 4 is 10.9 Å². The van der Waals surface area contributed by atoms with Gasteiger partial charge in [-0.2, -0.15) is 5.26 Å². The number of rotatable bonds is 4. The Hall–Kier alpha value is -3.51. The van der Waals surface area contributed by atoms with Gasteiger partial charge in [0.05, 0.1) is 11.3 Å². The fourth-order valence-electron chi connectivity index (χ4n) is 3.10. The molecular weight excluding hydrogens is 320 g/mol. The molecule has 0 radical (unpaired) electrons. The lowest BCUT2D eigenvalue weighted by Crippen LogP contribution is -1.94. The lowest BCUT2D eigenvalue weighted by atomic mass is 10.1. The predicted molar refractivity (Wildman–Crippen MR) is 104 cm³/mol. The molecule has 3 heteroatoms. The van der Waals surface area contributed by atoms with Crippen LogP contribution in [0, 0.1) is 18.3 Å². The third kappa shape index (κ3) is 3.05. The number of nitrogens with one attached hydrogen (secondary N) is 1. The number of hydrogen-bond acceptors (Lipinski definition) is 2. The lowest BCUT2D eigenvalue weighted by molar-refractivity contribution is 0.306. The molecule has 0 bridgehead atoms. The first-order valence-corrected chi connectivity index (χ1v) is 8.54. The van der Waals surface area contributed by atoms with Crippen molar-refractivity contribution in [2.45, 2.75) is 13.5 Å². The molecule has 3 nitrogen and oxygen atoms in total. The van der Waals surface area contributed by atoms with Gasteiger partial charge in [-0.25, -0.2) is 0 Å². The van der Waals surface area contributed by atoms with E-state index in [1.807, 2.05) is 79.7 Å². The molecule has 0 atom stereocenters. The molecule has 0 fully saturated rings. The first-order valence-electron chi connectivity index (χ1n) is 8.54. The molecule has 3 aromatic carbocycles. The van der Waals surface area contributed by atoms with Crippen LogP contribution in [0.1, 0.15) is 16.7 Å². The van der Waals surface area contributed by atoms with E-state index in [0.29, 0.717) is 12.2 Å². The number of nitriles is 1. The fraction of sp³-hybridized carbons (Fsp3) is 0.0870. The van der Waals surface area contributed by atoms with E-state index in [9.17, 15) is 5.26 Å². The maximum absolute atomic E-state index is 9.63. The maximum atomic E-state index is 9.63. The summed E-state index contributed by atoms with van der Waals surface area (Å²) in [6.45, 7) is 2.57. The molecule has 1 aromatic heterocycles. The quantitative estimate of drug-likeness (QED) is 0.527. The van der Waals surface area contributed by atoms with E-state index in [2.05, 4.69) is 11.1 Å². The second-order valence-electron chi connectivity index (χ2n) is 6.33. The summed E-state index contributed by atoms with van der Waals surface area (Å²) >= 11 is 0. The van der Waals surface area contributed by atoms with Gasteiger partial charge in [-0.3, -0.25) is 0 Å². The number of aryl methyl sites for hydroxylation is 1. The fourth-order valence-corrected chi connectivity index (χ4v) is 3.10. The highest BCUT2D eigenvalue weighted by Crippen LogP contribution is 2.31. The van der Waals surface area contributed by atoms with Gasteiger partial charge in [0, 0.05) is 10.9 Å². The molecule has 4 aromatic rings. The second-order valence-corrected chi connectivity index (χ2v) is 6.33. The van der Waals surface area contributed by atoms with Crippen molar-refractivity contribution < 1.29 is 4.74 Å². The van der Waals surface area contributed by atoms with E-state index in [-0.39, 0.29) is 0 Å². The summed E-state index contributed by atoms with van der Waals surface area (Å²) in [6.07, 6.45) is 0. The average molecular weight is 338 g/mol. The van der Waals surface area contributed by atoms with E-state index in [4.69, 9.17) is 4.74 Å². The first-order chi connectivity index (χ1) is 12.7. The average Bonchev–Trinajstić information content (AvgIpc) is 3.05. The summed E-state index contributed by atoms with van der Waals surface area (Å²) < 4.78 is 5.84. The van der Waals surface area contributed by atoms with Gasteiger partial charge >= 0.3 is 0 Å². The van der Waals surface area contributed by atoms with Crippen molar-refractivity contribution in [2.75, 3.05) is 0 Å². The summed E-state index contributed by atoms with van der Waals surface area (Å²) in [6, 6.07) is 26.4. The van der Waals surface area contributed by atoms with E-state index >= 15 is 0 Å². The zero-order valence-electron chi connectivity index (χ0n) is 14.5. The van der Waals surface area contributed by atoms with Crippen LogP contribution in [0.15, 0.2) is 72.8 Å². The van der Waals surface area contributed by atoms with E-state index in [0.717, 1.165) is 39.0 Å². The minimum atomic E-state index is 0.537. The Morgan fingerprint density at radius 1 is 0.962 bits per heavy atom. The van der Waals surface area contributed by atoms with Gasteiger partial charge in [-0.1, -0.05) is 42.0 Å². The highest BCUT2D eigenvalue weighted by atomic mass is 16.5. The number of hydrogen-bond donors (Lipinski definition) is 1. The number of aromatic amines is 1. The van der Waals surface area contributed by atoms with Crippen LogP contribution in [0.2, 0.25) is 0 Å². The summed E-state index contributed by atoms with van der Waals surface area (Å²) in [5, 5.41) is 10.6. The number of H-pyrrole nitrogens is 1. The molecule has 0 saturated carbocycles. The van der Waals surface area contributed by atoms with Crippen LogP contribution < -0.4 is 4.74 Å². The van der Waals surface area contributed by atoms with Crippen LogP contribution in [-0.4, -0.2) is 4.98 Å². The SMILES string of the molecule is Cc1ccc2[nH]c(-c3ccc(OCc4ccccc4)cc3)c(C#N)c2c1. The Labute approximate surface area is 152 Å². The molecule has 126 valence electrons. The third-order valence-electron chi connectivity index (χ3n) is 4.46. The first kappa shape index (κ1) is 16.0. The number of fused-ring (bicyclic) bond motifs is 1. The zero-order valence-corrected chi connectivity index (χ0v) is 14.5. The molecule has 0 spiro atoms. The monoisotopic (exact) mass is 338 g/mol. The topological polar surface area (TPSA) is 48.8 Å². The van der Waals surface area contributed by atoms with Gasteiger partial charge in [0.25, 0.3) is 0 Å². The molecule has 0 aliphatic rings. The molecule has 4 rings (SSSR count). The minimum absolute atomic E-state index is 0.537. The number of benzene rings is 3. The molecule has 0 aliphatic heterocycles. The largest absolute Gasteiger partial charge is 0.489 e. The standard InChI is InChI=1S/C23H18N2O/c1-16-7-12-22-20(13-16)21(14-24)23(25-22)18-8-10-19(11-9-18)26-15-17-5-3-2-4-6-17/h2-13,25H,15H2,1H3. The molecule has 0 unspecified atom stereocenters. The van der Waals surface area contributed by atoms with Crippen LogP contribution in [0.4, 0.5) is 0 Å². The van der Waals surface area contributed by atoms with Gasteiger partial charge in [-0.05, 0) is 54.4 Å². The van der Waals surface area contributed by atoms with Gasteiger partial charge < -0.3 is 9.72 Å². The van der Waals surface area contributed by atoms with Crippen molar-refractivity contribution in [1.82, 2.24) is 4.98 Å². The van der Waals surface area contributed by atoms with Crippen molar-refractivity contribution in [3.8, 4) is 23.1 Å². The van der Waals surface area contributed by atoms with Crippen LogP contribution in [-0.2, 0) is 6.61 Å². The number of ether oxygens (including phenoxy) is 1. The predicted octanol–water partition coefficient (Wildman–Crippen LogP) is 5.59. The maximum Gasteiger partial charge on any atom is 0.119 e. The second kappa shape index (κ2) is 6.78. The Morgan fingerprint density at radius 2 is 1.73 bits per heavy atom. The molecular formula is C23H18N2O. The zero-order chi connectivity index (χ0) is 17.9. The van der Waals surface area contributed by atoms with Crippen molar-refractivity contribution in [3.63, 3.8) is 0 Å². The van der Waals surface area contributed by atoms with Gasteiger partial charge in [-0.15, -0.1) is 0 Å². The van der Waals surface area contributed by atoms with Gasteiger partial charge in [0.1, 0.15) is 18.4 Å². The van der Waals surface area contributed by atoms with E-state index in [1.54, 1.807) is 0 Å². The third-order valence-corrected chi connectivity index (χ3v) is 4.46. The highest BCUT2D eigenvalue weighted by molar-refractivity contribution is 5.93. The van der Waals surface area contributed by atoms with Crippen LogP contribution in [0.5, 0.6) is 5.75 Å². The summed E-state index contributed by atoms with van der Waals surface area (Å²) in [7, 11) is 0. The molecule has 0 amide bonds. The van der Waals surface area contributed by atoms with Gasteiger partial charge in [0.15, 0.2) is 0 Å². The van der Waals surface area contributed by atoms with Crippen molar-refractivity contribution in [3.05, 3.63) is 89.5 Å². The Bertz CT molecular complexity index is 1090. The van der Waals surface area contributed by atoms with Gasteiger partial charge in [0.2, 0.25) is 0 Å². The molecule has 0 saturated heterocycles. The summed E-state index contributed by atoms with van der Waals surface area (Å²) in [5.41, 5.74) is 5.76. The van der Waals surface area contributed by atoms with E-state index < -0.39 is 0 Å². The number of aromatic nitrogens is 1. The molecule has 1 heterocycles. The minimum Gasteiger partial charge on any atom is -0.489 e. The number of nitrogens with zero attached hydrogens (tertiary/aromatic N) is 1. The Balaban J connectivity index is 1.61. The normalized spacial score (nSPS) is 10.6. The Kier molecular flexibility index (Phi) is 4.17. The van der Waals surface area contributed by atoms with Crippen LogP contribution in [0.3, 0.4) is 0 Å². The smallest absolute Gasteiger partial charge is 0.119 e. The molecule has 0 aliphatic carbocycles. The molecule has 26 heavy (non-hydrogen) atoms. The highest BCUT2D eigenvalue weighted by Gasteiger charge is 2.13.